The van der Waals surface area contributed by atoms with Gasteiger partial charge in [-0.2, -0.15) is 0 Å². The summed E-state index contributed by atoms with van der Waals surface area (Å²) in [5.74, 6) is 0. The molecule has 0 atom stereocenters. The summed E-state index contributed by atoms with van der Waals surface area (Å²) >= 11 is 0. The minimum absolute atomic E-state index is 0.0443. The minimum atomic E-state index is -0.0443. The van der Waals surface area contributed by atoms with Crippen molar-refractivity contribution < 1.29 is 0 Å². The Labute approximate surface area is 304 Å². The Kier molecular flexibility index (Phi) is 6.37. The largest absolute Gasteiger partial charge is 0.309 e. The zero-order valence-corrected chi connectivity index (χ0v) is 28.6. The van der Waals surface area contributed by atoms with Gasteiger partial charge in [-0.15, -0.1) is 0 Å². The van der Waals surface area contributed by atoms with Crippen LogP contribution in [-0.4, -0.2) is 13.7 Å². The first-order chi connectivity index (χ1) is 26.2. The number of pyridine rings is 1. The third-order valence-electron chi connectivity index (χ3n) is 10.8. The fraction of sp³-hybridized carbons (Fsp3) is 0. The molecule has 11 rings (SSSR count). The standard InChI is InChI=1S/C49H31N3O/c53-49-43-30-46-42(39-27-33(32-15-5-1-6-16-32)25-26-45(39)51(46)35-19-9-3-10-20-35)28-38(43)41-29-40-37-23-13-14-24-44(37)50(34-17-7-2-8-18-34)47(40)31-48(41)52(49)36-21-11-4-12-22-36/h1-31H. The van der Waals surface area contributed by atoms with Gasteiger partial charge in [-0.3, -0.25) is 9.36 Å². The molecule has 3 aromatic heterocycles. The van der Waals surface area contributed by atoms with Crippen LogP contribution in [0.25, 0.3) is 93.5 Å². The molecule has 0 radical (unpaired) electrons. The van der Waals surface area contributed by atoms with Crippen LogP contribution in [0.4, 0.5) is 0 Å². The summed E-state index contributed by atoms with van der Waals surface area (Å²) in [7, 11) is 0. The molecular weight excluding hydrogens is 647 g/mol. The highest BCUT2D eigenvalue weighted by Crippen LogP contribution is 2.41. The van der Waals surface area contributed by atoms with Gasteiger partial charge in [-0.05, 0) is 95.4 Å². The van der Waals surface area contributed by atoms with Crippen LogP contribution in [0.3, 0.4) is 0 Å². The Morgan fingerprint density at radius 1 is 0.264 bits per heavy atom. The van der Waals surface area contributed by atoms with Crippen molar-refractivity contribution in [3.8, 4) is 28.2 Å². The maximum Gasteiger partial charge on any atom is 0.263 e. The third-order valence-corrected chi connectivity index (χ3v) is 10.8. The van der Waals surface area contributed by atoms with Crippen LogP contribution in [-0.2, 0) is 0 Å². The Bertz CT molecular complexity index is 3270. The maximum absolute atomic E-state index is 15.1. The molecule has 4 heteroatoms. The molecule has 0 aliphatic carbocycles. The van der Waals surface area contributed by atoms with E-state index in [4.69, 9.17) is 0 Å². The zero-order chi connectivity index (χ0) is 35.0. The fourth-order valence-corrected chi connectivity index (χ4v) is 8.45. The lowest BCUT2D eigenvalue weighted by atomic mass is 9.99. The van der Waals surface area contributed by atoms with Gasteiger partial charge in [0, 0.05) is 44.0 Å². The molecule has 0 aliphatic rings. The van der Waals surface area contributed by atoms with E-state index in [1.165, 1.54) is 10.9 Å². The average Bonchev–Trinajstić information content (AvgIpc) is 3.72. The number of aromatic nitrogens is 3. The Morgan fingerprint density at radius 3 is 1.38 bits per heavy atom. The molecule has 0 unspecified atom stereocenters. The lowest BCUT2D eigenvalue weighted by Crippen LogP contribution is -2.19. The first-order valence-corrected chi connectivity index (χ1v) is 18.0. The molecule has 53 heavy (non-hydrogen) atoms. The maximum atomic E-state index is 15.1. The molecule has 0 aliphatic heterocycles. The number of fused-ring (bicyclic) bond motifs is 9. The van der Waals surface area contributed by atoms with Crippen molar-refractivity contribution in [2.24, 2.45) is 0 Å². The predicted molar refractivity (Wildman–Crippen MR) is 221 cm³/mol. The van der Waals surface area contributed by atoms with Gasteiger partial charge in [0.15, 0.2) is 0 Å². The molecular formula is C49H31N3O. The number of rotatable bonds is 4. The molecule has 0 amide bonds. The van der Waals surface area contributed by atoms with Crippen molar-refractivity contribution in [1.29, 1.82) is 0 Å². The number of hydrogen-bond acceptors (Lipinski definition) is 1. The van der Waals surface area contributed by atoms with Gasteiger partial charge in [-0.25, -0.2) is 0 Å². The summed E-state index contributed by atoms with van der Waals surface area (Å²) in [6, 6.07) is 65.7. The molecule has 4 nitrogen and oxygen atoms in total. The Balaban J connectivity index is 1.33. The van der Waals surface area contributed by atoms with Crippen LogP contribution < -0.4 is 5.56 Å². The first-order valence-electron chi connectivity index (χ1n) is 18.0. The molecule has 0 saturated heterocycles. The van der Waals surface area contributed by atoms with E-state index < -0.39 is 0 Å². The first kappa shape index (κ1) is 29.5. The van der Waals surface area contributed by atoms with E-state index in [1.54, 1.807) is 0 Å². The van der Waals surface area contributed by atoms with E-state index in [9.17, 15) is 0 Å². The highest BCUT2D eigenvalue weighted by molar-refractivity contribution is 6.22. The molecule has 3 heterocycles. The van der Waals surface area contributed by atoms with Gasteiger partial charge in [0.25, 0.3) is 5.56 Å². The van der Waals surface area contributed by atoms with Crippen molar-refractivity contribution in [2.45, 2.75) is 0 Å². The second-order valence-corrected chi connectivity index (χ2v) is 13.7. The Hall–Kier alpha value is -7.17. The van der Waals surface area contributed by atoms with Crippen molar-refractivity contribution in [3.63, 3.8) is 0 Å². The summed E-state index contributed by atoms with van der Waals surface area (Å²) in [6.07, 6.45) is 0. The molecule has 0 fully saturated rings. The second kappa shape index (κ2) is 11.4. The molecule has 8 aromatic carbocycles. The van der Waals surface area contributed by atoms with E-state index in [0.717, 1.165) is 77.1 Å². The summed E-state index contributed by atoms with van der Waals surface area (Å²) in [5.41, 5.74) is 10.4. The van der Waals surface area contributed by atoms with Gasteiger partial charge in [0.1, 0.15) is 0 Å². The van der Waals surface area contributed by atoms with Crippen molar-refractivity contribution in [1.82, 2.24) is 13.7 Å². The molecule has 0 spiro atoms. The fourth-order valence-electron chi connectivity index (χ4n) is 8.45. The quantitative estimate of drug-likeness (QED) is 0.171. The highest BCUT2D eigenvalue weighted by atomic mass is 16.1. The van der Waals surface area contributed by atoms with E-state index in [-0.39, 0.29) is 5.56 Å². The smallest absolute Gasteiger partial charge is 0.263 e. The van der Waals surface area contributed by atoms with Crippen molar-refractivity contribution in [2.75, 3.05) is 0 Å². The lowest BCUT2D eigenvalue weighted by Gasteiger charge is -2.15. The summed E-state index contributed by atoms with van der Waals surface area (Å²) < 4.78 is 6.51. The second-order valence-electron chi connectivity index (χ2n) is 13.7. The van der Waals surface area contributed by atoms with Crippen molar-refractivity contribution >= 4 is 65.3 Å². The normalized spacial score (nSPS) is 11.8. The molecule has 11 aromatic rings. The van der Waals surface area contributed by atoms with Gasteiger partial charge in [0.2, 0.25) is 0 Å². The minimum Gasteiger partial charge on any atom is -0.309 e. The van der Waals surface area contributed by atoms with Gasteiger partial charge in [0.05, 0.1) is 33.0 Å². The lowest BCUT2D eigenvalue weighted by molar-refractivity contribution is 1.06. The van der Waals surface area contributed by atoms with Crippen LogP contribution in [0.5, 0.6) is 0 Å². The molecule has 0 N–H and O–H groups in total. The molecule has 0 bridgehead atoms. The van der Waals surface area contributed by atoms with Gasteiger partial charge < -0.3 is 9.13 Å². The van der Waals surface area contributed by atoms with Crippen LogP contribution in [0, 0.1) is 0 Å². The summed E-state index contributed by atoms with van der Waals surface area (Å²) in [4.78, 5) is 15.1. The van der Waals surface area contributed by atoms with E-state index >= 15 is 4.79 Å². The van der Waals surface area contributed by atoms with Gasteiger partial charge in [-0.1, -0.05) is 109 Å². The van der Waals surface area contributed by atoms with Crippen LogP contribution in [0.2, 0.25) is 0 Å². The van der Waals surface area contributed by atoms with Crippen LogP contribution >= 0.6 is 0 Å². The third kappa shape index (κ3) is 4.39. The van der Waals surface area contributed by atoms with E-state index in [2.05, 4.69) is 155 Å². The number of para-hydroxylation sites is 4. The highest BCUT2D eigenvalue weighted by Gasteiger charge is 2.21. The van der Waals surface area contributed by atoms with E-state index in [0.29, 0.717) is 5.39 Å². The van der Waals surface area contributed by atoms with Crippen LogP contribution in [0.1, 0.15) is 0 Å². The number of hydrogen-bond donors (Lipinski definition) is 0. The number of benzene rings is 8. The average molecular weight is 678 g/mol. The summed E-state index contributed by atoms with van der Waals surface area (Å²) in [6.45, 7) is 0. The van der Waals surface area contributed by atoms with Gasteiger partial charge >= 0.3 is 0 Å². The van der Waals surface area contributed by atoms with E-state index in [1.807, 2.05) is 47.0 Å². The molecule has 248 valence electrons. The number of nitrogens with zero attached hydrogens (tertiary/aromatic N) is 3. The zero-order valence-electron chi connectivity index (χ0n) is 28.6. The monoisotopic (exact) mass is 677 g/mol. The van der Waals surface area contributed by atoms with Crippen molar-refractivity contribution in [3.05, 3.63) is 198 Å². The SMILES string of the molecule is O=c1c2cc3c(cc2c2cc4c5ccccc5n(-c5ccccc5)c4cc2n1-c1ccccc1)c1cc(-c2ccccc2)ccc1n3-c1ccccc1. The van der Waals surface area contributed by atoms with Crippen LogP contribution in [0.15, 0.2) is 193 Å². The topological polar surface area (TPSA) is 31.9 Å². The summed E-state index contributed by atoms with van der Waals surface area (Å²) in [5, 5.41) is 7.24. The molecule has 0 saturated carbocycles. The predicted octanol–water partition coefficient (Wildman–Crippen LogP) is 12.0. The Morgan fingerprint density at radius 2 is 0.717 bits per heavy atom.